The van der Waals surface area contributed by atoms with E-state index in [1.165, 1.54) is 26.5 Å². The summed E-state index contributed by atoms with van der Waals surface area (Å²) in [5.41, 5.74) is 8.11. The van der Waals surface area contributed by atoms with Crippen LogP contribution in [0.3, 0.4) is 0 Å². The minimum atomic E-state index is -0.805. The van der Waals surface area contributed by atoms with Crippen molar-refractivity contribution in [3.05, 3.63) is 53.0 Å². The number of benzene rings is 1. The number of hydrogen-bond acceptors (Lipinski definition) is 8. The predicted molar refractivity (Wildman–Crippen MR) is 156 cm³/mol. The molecule has 41 heavy (non-hydrogen) atoms. The predicted octanol–water partition coefficient (Wildman–Crippen LogP) is 4.38. The molecule has 0 spiro atoms. The van der Waals surface area contributed by atoms with Gasteiger partial charge in [-0.15, -0.1) is 0 Å². The summed E-state index contributed by atoms with van der Waals surface area (Å²) in [5, 5.41) is 2.69. The third kappa shape index (κ3) is 7.28. The molecule has 9 nitrogen and oxygen atoms in total. The van der Waals surface area contributed by atoms with Gasteiger partial charge in [0.15, 0.2) is 23.1 Å². The summed E-state index contributed by atoms with van der Waals surface area (Å²) in [6, 6.07) is 2.86. The normalized spacial score (nSPS) is 17.3. The zero-order valence-corrected chi connectivity index (χ0v) is 23.5. The van der Waals surface area contributed by atoms with Gasteiger partial charge in [-0.25, -0.2) is 8.78 Å². The maximum atomic E-state index is 15.6. The van der Waals surface area contributed by atoms with Crippen molar-refractivity contribution in [3.8, 4) is 11.5 Å². The van der Waals surface area contributed by atoms with Crippen LogP contribution in [0, 0.1) is 17.6 Å². The van der Waals surface area contributed by atoms with Gasteiger partial charge >= 0.3 is 0 Å². The third-order valence-corrected chi connectivity index (χ3v) is 7.47. The summed E-state index contributed by atoms with van der Waals surface area (Å²) in [6.45, 7) is 4.60. The summed E-state index contributed by atoms with van der Waals surface area (Å²) in [7, 11) is 2.64. The molecule has 1 aromatic carbocycles. The Morgan fingerprint density at radius 3 is 2.46 bits per heavy atom. The van der Waals surface area contributed by atoms with Crippen molar-refractivity contribution in [3.63, 3.8) is 0 Å². The number of allylic oxidation sites excluding steroid dienone is 2. The van der Waals surface area contributed by atoms with Crippen molar-refractivity contribution in [2.24, 2.45) is 16.6 Å². The molecule has 2 aliphatic rings. The van der Waals surface area contributed by atoms with E-state index >= 15 is 8.78 Å². The lowest BCUT2D eigenvalue weighted by atomic mass is 9.88. The van der Waals surface area contributed by atoms with Crippen LogP contribution in [0.25, 0.3) is 17.2 Å². The lowest BCUT2D eigenvalue weighted by molar-refractivity contribution is -0.105. The third-order valence-electron chi connectivity index (χ3n) is 7.47. The van der Waals surface area contributed by atoms with Gasteiger partial charge in [0, 0.05) is 55.4 Å². The van der Waals surface area contributed by atoms with Crippen molar-refractivity contribution in [2.45, 2.75) is 25.7 Å². The van der Waals surface area contributed by atoms with E-state index in [1.54, 1.807) is 24.6 Å². The number of nitrogens with one attached hydrogen (secondary N) is 1. The van der Waals surface area contributed by atoms with Gasteiger partial charge < -0.3 is 25.3 Å². The van der Waals surface area contributed by atoms with Crippen LogP contribution < -0.4 is 20.5 Å². The van der Waals surface area contributed by atoms with Crippen molar-refractivity contribution < 1.29 is 27.8 Å². The number of rotatable bonds is 12. The van der Waals surface area contributed by atoms with Gasteiger partial charge in [-0.3, -0.25) is 19.7 Å². The van der Waals surface area contributed by atoms with Crippen molar-refractivity contribution in [1.29, 1.82) is 0 Å². The zero-order valence-electron chi connectivity index (χ0n) is 23.5. The number of nitrogens with two attached hydrogens (primary N) is 1. The minimum absolute atomic E-state index is 0.0994. The molecule has 1 aromatic heterocycles. The smallest absolute Gasteiger partial charge is 0.211 e. The Hall–Kier alpha value is -3.83. The van der Waals surface area contributed by atoms with Gasteiger partial charge in [0.05, 0.1) is 50.9 Å². The molecule has 220 valence electrons. The fourth-order valence-corrected chi connectivity index (χ4v) is 5.25. The van der Waals surface area contributed by atoms with Gasteiger partial charge in [-0.05, 0) is 36.5 Å². The average Bonchev–Trinajstić information content (AvgIpc) is 3.53. The van der Waals surface area contributed by atoms with E-state index < -0.39 is 11.6 Å². The maximum Gasteiger partial charge on any atom is 0.211 e. The highest BCUT2D eigenvalue weighted by molar-refractivity contribution is 6.09. The van der Waals surface area contributed by atoms with E-state index in [9.17, 15) is 4.79 Å². The number of methoxy groups -OCH3 is 2. The summed E-state index contributed by atoms with van der Waals surface area (Å²) in [4.78, 5) is 22.9. The second kappa shape index (κ2) is 14.7. The van der Waals surface area contributed by atoms with E-state index in [0.717, 1.165) is 58.5 Å². The highest BCUT2D eigenvalue weighted by atomic mass is 19.1. The fraction of sp³-hybridized carbons (Fsp3) is 0.433. The molecule has 1 saturated heterocycles. The second-order valence-electron chi connectivity index (χ2n) is 9.90. The molecular formula is C30H37F2N5O4. The monoisotopic (exact) mass is 569 g/mol. The number of carbonyl (C=O) groups is 1. The van der Waals surface area contributed by atoms with Gasteiger partial charge in [-0.1, -0.05) is 12.8 Å². The van der Waals surface area contributed by atoms with E-state index in [2.05, 4.69) is 20.2 Å². The maximum absolute atomic E-state index is 15.6. The van der Waals surface area contributed by atoms with Crippen LogP contribution >= 0.6 is 0 Å². The molecular weight excluding hydrogens is 532 g/mol. The van der Waals surface area contributed by atoms with E-state index in [4.69, 9.17) is 19.9 Å². The molecule has 1 aliphatic heterocycles. The number of aliphatic imine (C=N–C) groups is 1. The standard InChI is InChI=1S/C30H37F2N5O4/c1-39-26-15-27(40-2)30(32)28(29(26)31)23(20-5-3-4-6-20)13-21-18-35-25(14-24(21)36-19-38)22(16-33)17-34-7-8-37-9-11-41-12-10-37/h13-20H,3-12,33H2,1-2H3,(H,35,36,38)/b22-16?,23-13+,34-17?. The lowest BCUT2D eigenvalue weighted by Gasteiger charge is -2.25. The number of carbonyl (C=O) groups excluding carboxylic acids is 1. The number of nitrogens with zero attached hydrogens (tertiary/aromatic N) is 3. The first kappa shape index (κ1) is 30.1. The summed E-state index contributed by atoms with van der Waals surface area (Å²) < 4.78 is 46.9. The first-order valence-electron chi connectivity index (χ1n) is 13.7. The molecule has 2 fully saturated rings. The Kier molecular flexibility index (Phi) is 10.8. The molecule has 2 aromatic rings. The number of morpholine rings is 1. The summed E-state index contributed by atoms with van der Waals surface area (Å²) in [6.07, 6.45) is 10.3. The highest BCUT2D eigenvalue weighted by Crippen LogP contribution is 2.44. The van der Waals surface area contributed by atoms with Crippen molar-refractivity contribution in [2.75, 3.05) is 58.9 Å². The van der Waals surface area contributed by atoms with Gasteiger partial charge in [0.2, 0.25) is 6.41 Å². The number of anilines is 1. The topological polar surface area (TPSA) is 111 Å². The number of amides is 1. The van der Waals surface area contributed by atoms with Crippen LogP contribution in [0.2, 0.25) is 0 Å². The number of aromatic nitrogens is 1. The number of halogens is 2. The molecule has 11 heteroatoms. The Labute approximate surface area is 239 Å². The SMILES string of the molecule is COc1cc(OC)c(F)c(/C(=C/c2cnc(C(C=NCCN3CCOCC3)=CN)cc2NC=O)C2CCCC2)c1F. The zero-order chi connectivity index (χ0) is 29.2. The van der Waals surface area contributed by atoms with Gasteiger partial charge in [0.25, 0.3) is 0 Å². The Bertz CT molecular complexity index is 1270. The molecule has 0 unspecified atom stereocenters. The molecule has 0 radical (unpaired) electrons. The second-order valence-corrected chi connectivity index (χ2v) is 9.90. The van der Waals surface area contributed by atoms with Crippen LogP contribution in [0.15, 0.2) is 29.5 Å². The van der Waals surface area contributed by atoms with Crippen LogP contribution in [-0.2, 0) is 9.53 Å². The Morgan fingerprint density at radius 2 is 1.85 bits per heavy atom. The lowest BCUT2D eigenvalue weighted by Crippen LogP contribution is -2.37. The molecule has 0 bridgehead atoms. The number of hydrogen-bond donors (Lipinski definition) is 2. The van der Waals surface area contributed by atoms with E-state index in [1.807, 2.05) is 0 Å². The van der Waals surface area contributed by atoms with Crippen LogP contribution in [0.4, 0.5) is 14.5 Å². The van der Waals surface area contributed by atoms with Gasteiger partial charge in [0.1, 0.15) is 0 Å². The van der Waals surface area contributed by atoms with Crippen molar-refractivity contribution in [1.82, 2.24) is 9.88 Å². The fourth-order valence-electron chi connectivity index (χ4n) is 5.25. The summed E-state index contributed by atoms with van der Waals surface area (Å²) in [5.74, 6) is -1.95. The first-order chi connectivity index (χ1) is 20.0. The Balaban J connectivity index is 1.69. The Morgan fingerprint density at radius 1 is 1.17 bits per heavy atom. The largest absolute Gasteiger partial charge is 0.494 e. The van der Waals surface area contributed by atoms with Gasteiger partial charge in [-0.2, -0.15) is 0 Å². The van der Waals surface area contributed by atoms with Crippen molar-refractivity contribution >= 4 is 35.5 Å². The molecule has 1 saturated carbocycles. The highest BCUT2D eigenvalue weighted by Gasteiger charge is 2.29. The quantitative estimate of drug-likeness (QED) is 0.288. The number of ether oxygens (including phenoxy) is 3. The molecule has 1 aliphatic carbocycles. The van der Waals surface area contributed by atoms with Crippen LogP contribution in [-0.4, -0.2) is 76.1 Å². The summed E-state index contributed by atoms with van der Waals surface area (Å²) >= 11 is 0. The van der Waals surface area contributed by atoms with E-state index in [-0.39, 0.29) is 23.0 Å². The first-order valence-corrected chi connectivity index (χ1v) is 13.7. The molecule has 4 rings (SSSR count). The van der Waals surface area contributed by atoms with Crippen LogP contribution in [0.1, 0.15) is 42.5 Å². The number of pyridine rings is 1. The molecule has 3 N–H and O–H groups in total. The minimum Gasteiger partial charge on any atom is -0.494 e. The molecule has 0 atom stereocenters. The molecule has 2 heterocycles. The molecule has 1 amide bonds. The van der Waals surface area contributed by atoms with E-state index in [0.29, 0.717) is 41.0 Å². The average molecular weight is 570 g/mol. The van der Waals surface area contributed by atoms with Crippen LogP contribution in [0.5, 0.6) is 11.5 Å².